The van der Waals surface area contributed by atoms with Gasteiger partial charge in [0.2, 0.25) is 0 Å². The summed E-state index contributed by atoms with van der Waals surface area (Å²) in [6.45, 7) is 6.81. The zero-order chi connectivity index (χ0) is 17.8. The number of rotatable bonds is 2. The minimum atomic E-state index is -0.388. The Morgan fingerprint density at radius 3 is 2.48 bits per heavy atom. The van der Waals surface area contributed by atoms with Gasteiger partial charge in [0.15, 0.2) is 0 Å². The molecule has 0 heterocycles. The van der Waals surface area contributed by atoms with E-state index in [1.54, 1.807) is 0 Å². The van der Waals surface area contributed by atoms with Crippen LogP contribution in [0.5, 0.6) is 0 Å². The Balaban J connectivity index is 1.58. The summed E-state index contributed by atoms with van der Waals surface area (Å²) >= 11 is 0. The second-order valence-corrected chi connectivity index (χ2v) is 10.7. The molecule has 4 rings (SSSR count). The fourth-order valence-electron chi connectivity index (χ4n) is 8.62. The van der Waals surface area contributed by atoms with Crippen LogP contribution in [0.15, 0.2) is 0 Å². The van der Waals surface area contributed by atoms with Crippen LogP contribution >= 0.6 is 0 Å². The van der Waals surface area contributed by atoms with Gasteiger partial charge in [0.1, 0.15) is 0 Å². The molecule has 0 saturated heterocycles. The standard InChI is InChI=1S/C23H41NO/c1-4-23-13-11-18-17-10-12-22(3,25)14-16(17)8-9-19(18)21(23)7-5-6-20(23)15(2)24/h15-21,25H,4-14,24H2,1-3H3/t15?,16-,17+,18-,19-,20-,21+,22-,23-/m1/s1. The van der Waals surface area contributed by atoms with E-state index < -0.39 is 0 Å². The lowest BCUT2D eigenvalue weighted by Crippen LogP contribution is -2.57. The Kier molecular flexibility index (Phi) is 4.77. The third-order valence-electron chi connectivity index (χ3n) is 9.55. The first kappa shape index (κ1) is 18.3. The predicted molar refractivity (Wildman–Crippen MR) is 104 cm³/mol. The van der Waals surface area contributed by atoms with Crippen LogP contribution in [0.1, 0.15) is 91.4 Å². The lowest BCUT2D eigenvalue weighted by atomic mass is 9.43. The summed E-state index contributed by atoms with van der Waals surface area (Å²) in [4.78, 5) is 0. The minimum Gasteiger partial charge on any atom is -0.390 e. The molecule has 25 heavy (non-hydrogen) atoms. The summed E-state index contributed by atoms with van der Waals surface area (Å²) in [6, 6.07) is 0.361. The summed E-state index contributed by atoms with van der Waals surface area (Å²) in [5, 5.41) is 10.6. The van der Waals surface area contributed by atoms with Gasteiger partial charge in [-0.25, -0.2) is 0 Å². The van der Waals surface area contributed by atoms with Gasteiger partial charge in [-0.2, -0.15) is 0 Å². The molecule has 0 spiro atoms. The fraction of sp³-hybridized carbons (Fsp3) is 1.00. The van der Waals surface area contributed by atoms with Crippen molar-refractivity contribution in [3.8, 4) is 0 Å². The van der Waals surface area contributed by atoms with Gasteiger partial charge in [0.05, 0.1) is 5.60 Å². The van der Waals surface area contributed by atoms with E-state index in [1.165, 1.54) is 57.8 Å². The maximum atomic E-state index is 10.6. The van der Waals surface area contributed by atoms with Crippen molar-refractivity contribution in [2.24, 2.45) is 46.7 Å². The highest BCUT2D eigenvalue weighted by Crippen LogP contribution is 2.64. The Labute approximate surface area is 155 Å². The quantitative estimate of drug-likeness (QED) is 0.727. The van der Waals surface area contributed by atoms with Crippen molar-refractivity contribution < 1.29 is 5.11 Å². The van der Waals surface area contributed by atoms with Gasteiger partial charge in [-0.3, -0.25) is 0 Å². The van der Waals surface area contributed by atoms with E-state index in [2.05, 4.69) is 20.8 Å². The van der Waals surface area contributed by atoms with Crippen LogP contribution in [0, 0.1) is 40.9 Å². The van der Waals surface area contributed by atoms with Crippen LogP contribution in [-0.4, -0.2) is 16.7 Å². The van der Waals surface area contributed by atoms with Gasteiger partial charge in [-0.15, -0.1) is 0 Å². The Hall–Kier alpha value is -0.0800. The van der Waals surface area contributed by atoms with Crippen LogP contribution in [0.2, 0.25) is 0 Å². The average Bonchev–Trinajstić information content (AvgIpc) is 2.59. The molecule has 0 amide bonds. The SMILES string of the molecule is CC[C@]12CC[C@H]3[C@@H](CC[C@@H]4C[C@](C)(O)CC[C@@H]43)[C@@H]1CCC[C@@H]2C(C)N. The second kappa shape index (κ2) is 6.51. The molecule has 4 aliphatic rings. The van der Waals surface area contributed by atoms with Crippen molar-refractivity contribution >= 4 is 0 Å². The maximum Gasteiger partial charge on any atom is 0.0622 e. The molecule has 0 aromatic carbocycles. The van der Waals surface area contributed by atoms with Gasteiger partial charge in [0.25, 0.3) is 0 Å². The molecule has 0 aromatic rings. The highest BCUT2D eigenvalue weighted by atomic mass is 16.3. The van der Waals surface area contributed by atoms with Crippen molar-refractivity contribution in [1.29, 1.82) is 0 Å². The van der Waals surface area contributed by atoms with E-state index in [0.29, 0.717) is 11.5 Å². The highest BCUT2D eigenvalue weighted by molar-refractivity contribution is 5.07. The normalized spacial score (nSPS) is 54.1. The third-order valence-corrected chi connectivity index (χ3v) is 9.55. The summed E-state index contributed by atoms with van der Waals surface area (Å²) in [6.07, 6.45) is 14.6. The molecule has 3 N–H and O–H groups in total. The lowest BCUT2D eigenvalue weighted by Gasteiger charge is -2.62. The molecule has 4 aliphatic carbocycles. The van der Waals surface area contributed by atoms with E-state index >= 15 is 0 Å². The summed E-state index contributed by atoms with van der Waals surface area (Å²) in [5.74, 6) is 5.30. The van der Waals surface area contributed by atoms with Gasteiger partial charge in [-0.05, 0) is 119 Å². The molecule has 0 aliphatic heterocycles. The van der Waals surface area contributed by atoms with Crippen LogP contribution in [-0.2, 0) is 0 Å². The summed E-state index contributed by atoms with van der Waals surface area (Å²) < 4.78 is 0. The largest absolute Gasteiger partial charge is 0.390 e. The first-order valence-corrected chi connectivity index (χ1v) is 11.4. The molecule has 2 heteroatoms. The second-order valence-electron chi connectivity index (χ2n) is 10.7. The zero-order valence-corrected chi connectivity index (χ0v) is 16.8. The molecular formula is C23H41NO. The van der Waals surface area contributed by atoms with E-state index in [1.807, 2.05) is 0 Å². The molecular weight excluding hydrogens is 306 g/mol. The third kappa shape index (κ3) is 2.90. The molecule has 4 fully saturated rings. The first-order valence-electron chi connectivity index (χ1n) is 11.4. The lowest BCUT2D eigenvalue weighted by molar-refractivity contribution is -0.136. The Morgan fingerprint density at radius 1 is 1.00 bits per heavy atom. The van der Waals surface area contributed by atoms with Crippen molar-refractivity contribution in [3.05, 3.63) is 0 Å². The fourth-order valence-corrected chi connectivity index (χ4v) is 8.62. The molecule has 0 radical (unpaired) electrons. The van der Waals surface area contributed by atoms with Gasteiger partial charge < -0.3 is 10.8 Å². The first-order chi connectivity index (χ1) is 11.9. The van der Waals surface area contributed by atoms with Crippen molar-refractivity contribution in [2.75, 3.05) is 0 Å². The molecule has 0 bridgehead atoms. The predicted octanol–water partition coefficient (Wildman–Crippen LogP) is 5.13. The summed E-state index contributed by atoms with van der Waals surface area (Å²) in [7, 11) is 0. The molecule has 1 unspecified atom stereocenters. The number of hydrogen-bond acceptors (Lipinski definition) is 2. The number of aliphatic hydroxyl groups is 1. The van der Waals surface area contributed by atoms with E-state index in [9.17, 15) is 5.11 Å². The smallest absolute Gasteiger partial charge is 0.0622 e. The van der Waals surface area contributed by atoms with Gasteiger partial charge in [-0.1, -0.05) is 13.3 Å². The monoisotopic (exact) mass is 347 g/mol. The zero-order valence-electron chi connectivity index (χ0n) is 16.8. The van der Waals surface area contributed by atoms with Gasteiger partial charge in [0, 0.05) is 6.04 Å². The number of hydrogen-bond donors (Lipinski definition) is 2. The van der Waals surface area contributed by atoms with Crippen LogP contribution in [0.25, 0.3) is 0 Å². The van der Waals surface area contributed by atoms with E-state index in [4.69, 9.17) is 5.73 Å². The maximum absolute atomic E-state index is 10.6. The highest BCUT2D eigenvalue weighted by Gasteiger charge is 2.57. The van der Waals surface area contributed by atoms with Crippen molar-refractivity contribution in [3.63, 3.8) is 0 Å². The minimum absolute atomic E-state index is 0.361. The molecule has 144 valence electrons. The number of fused-ring (bicyclic) bond motifs is 5. The Bertz CT molecular complexity index is 486. The molecule has 9 atom stereocenters. The topological polar surface area (TPSA) is 46.2 Å². The van der Waals surface area contributed by atoms with E-state index in [-0.39, 0.29) is 5.60 Å². The average molecular weight is 348 g/mol. The Morgan fingerprint density at radius 2 is 1.76 bits per heavy atom. The van der Waals surface area contributed by atoms with Crippen molar-refractivity contribution in [1.82, 2.24) is 0 Å². The van der Waals surface area contributed by atoms with Crippen LogP contribution < -0.4 is 5.73 Å². The molecule has 4 saturated carbocycles. The molecule has 2 nitrogen and oxygen atoms in total. The number of nitrogens with two attached hydrogens (primary N) is 1. The van der Waals surface area contributed by atoms with Crippen molar-refractivity contribution in [2.45, 2.75) is 103 Å². The van der Waals surface area contributed by atoms with Crippen LogP contribution in [0.3, 0.4) is 0 Å². The molecule has 0 aromatic heterocycles. The van der Waals surface area contributed by atoms with Gasteiger partial charge >= 0.3 is 0 Å². The summed E-state index contributed by atoms with van der Waals surface area (Å²) in [5.41, 5.74) is 6.67. The van der Waals surface area contributed by atoms with Crippen LogP contribution in [0.4, 0.5) is 0 Å². The van der Waals surface area contributed by atoms with E-state index in [0.717, 1.165) is 48.3 Å².